The Morgan fingerprint density at radius 2 is 1.80 bits per heavy atom. The third-order valence-corrected chi connectivity index (χ3v) is 9.42. The van der Waals surface area contributed by atoms with Crippen LogP contribution in [0.3, 0.4) is 0 Å². The average molecular weight is 694 g/mol. The molecular weight excluding hydrogens is 642 g/mol. The van der Waals surface area contributed by atoms with Gasteiger partial charge in [0.25, 0.3) is 0 Å². The van der Waals surface area contributed by atoms with Gasteiger partial charge < -0.3 is 33.5 Å². The molecule has 1 aromatic heterocycles. The number of methoxy groups -OCH3 is 1. The number of esters is 1. The maximum absolute atomic E-state index is 13.0. The number of amides is 1. The van der Waals surface area contributed by atoms with Gasteiger partial charge >= 0.3 is 12.1 Å². The first kappa shape index (κ1) is 36.5. The number of aryl methyl sites for hydroxylation is 1. The fraction of sp³-hybridized carbons (Fsp3) is 0.553. The highest BCUT2D eigenvalue weighted by atomic mass is 32.1. The van der Waals surface area contributed by atoms with E-state index in [1.807, 2.05) is 79.7 Å². The second-order valence-corrected chi connectivity index (χ2v) is 15.5. The summed E-state index contributed by atoms with van der Waals surface area (Å²) in [6.07, 6.45) is 0.753. The predicted molar refractivity (Wildman–Crippen MR) is 192 cm³/mol. The molecule has 3 aromatic rings. The molecule has 49 heavy (non-hydrogen) atoms. The number of para-hydroxylation sites is 1. The fourth-order valence-corrected chi connectivity index (χ4v) is 7.16. The van der Waals surface area contributed by atoms with E-state index in [-0.39, 0.29) is 24.1 Å². The van der Waals surface area contributed by atoms with Crippen LogP contribution in [0.25, 0.3) is 11.3 Å². The van der Waals surface area contributed by atoms with Crippen LogP contribution in [0.2, 0.25) is 0 Å². The van der Waals surface area contributed by atoms with Crippen molar-refractivity contribution in [1.82, 2.24) is 9.88 Å². The van der Waals surface area contributed by atoms with Gasteiger partial charge in [0.15, 0.2) is 5.13 Å². The van der Waals surface area contributed by atoms with Gasteiger partial charge in [-0.2, -0.15) is 0 Å². The van der Waals surface area contributed by atoms with Gasteiger partial charge in [-0.05, 0) is 97.1 Å². The molecule has 1 saturated heterocycles. The van der Waals surface area contributed by atoms with Crippen molar-refractivity contribution in [2.45, 2.75) is 98.7 Å². The number of hydrogen-bond acceptors (Lipinski definition) is 10. The van der Waals surface area contributed by atoms with Crippen molar-refractivity contribution in [3.05, 3.63) is 58.0 Å². The zero-order valence-electron chi connectivity index (χ0n) is 30.4. The minimum Gasteiger partial charge on any atom is -0.496 e. The van der Waals surface area contributed by atoms with Crippen molar-refractivity contribution in [3.63, 3.8) is 0 Å². The van der Waals surface area contributed by atoms with Crippen LogP contribution in [0.15, 0.2) is 35.7 Å². The van der Waals surface area contributed by atoms with Crippen molar-refractivity contribution in [1.29, 1.82) is 0 Å². The SMILES string of the molecule is CCO[C@H]1CN(c2nc(-c3cccc(C)c3OCc3cc4c(c(OC)c3)CN(C(=O)OC(C)(C)C)CC4)cs2)CC[C@H]1C(=O)OC(C)(C)C. The summed E-state index contributed by atoms with van der Waals surface area (Å²) in [5.41, 5.74) is 4.81. The maximum atomic E-state index is 13.0. The fourth-order valence-electron chi connectivity index (χ4n) is 6.30. The number of carbonyl (C=O) groups is 2. The van der Waals surface area contributed by atoms with Crippen LogP contribution in [-0.2, 0) is 38.6 Å². The van der Waals surface area contributed by atoms with E-state index in [4.69, 9.17) is 28.7 Å². The van der Waals surface area contributed by atoms with E-state index >= 15 is 0 Å². The highest BCUT2D eigenvalue weighted by Gasteiger charge is 2.38. The molecule has 2 aromatic carbocycles. The number of thiazole rings is 1. The Balaban J connectivity index is 1.30. The normalized spacial score (nSPS) is 18.1. The first-order chi connectivity index (χ1) is 23.2. The lowest BCUT2D eigenvalue weighted by Gasteiger charge is -2.38. The lowest BCUT2D eigenvalue weighted by Crippen LogP contribution is -2.49. The van der Waals surface area contributed by atoms with Gasteiger partial charge in [-0.1, -0.05) is 18.2 Å². The molecule has 2 aliphatic rings. The monoisotopic (exact) mass is 693 g/mol. The quantitative estimate of drug-likeness (QED) is 0.210. The smallest absolute Gasteiger partial charge is 0.410 e. The lowest BCUT2D eigenvalue weighted by atomic mass is 9.93. The van der Waals surface area contributed by atoms with Crippen LogP contribution in [0.4, 0.5) is 9.93 Å². The molecule has 0 radical (unpaired) electrons. The first-order valence-corrected chi connectivity index (χ1v) is 18.0. The van der Waals surface area contributed by atoms with E-state index in [0.717, 1.165) is 50.1 Å². The number of benzene rings is 2. The van der Waals surface area contributed by atoms with Crippen molar-refractivity contribution in [3.8, 4) is 22.8 Å². The molecule has 11 heteroatoms. The summed E-state index contributed by atoms with van der Waals surface area (Å²) < 4.78 is 29.7. The van der Waals surface area contributed by atoms with E-state index in [2.05, 4.69) is 16.3 Å². The van der Waals surface area contributed by atoms with Gasteiger partial charge in [-0.3, -0.25) is 4.79 Å². The second-order valence-electron chi connectivity index (χ2n) is 14.7. The number of nitrogens with zero attached hydrogens (tertiary/aromatic N) is 3. The zero-order valence-corrected chi connectivity index (χ0v) is 31.2. The van der Waals surface area contributed by atoms with Crippen molar-refractivity contribution in [2.75, 3.05) is 38.3 Å². The van der Waals surface area contributed by atoms with Gasteiger partial charge in [0.1, 0.15) is 29.3 Å². The summed E-state index contributed by atoms with van der Waals surface area (Å²) in [7, 11) is 1.66. The Hall–Kier alpha value is -3.83. The van der Waals surface area contributed by atoms with E-state index in [0.29, 0.717) is 52.2 Å². The van der Waals surface area contributed by atoms with Gasteiger partial charge in [-0.25, -0.2) is 9.78 Å². The van der Waals surface area contributed by atoms with Gasteiger partial charge in [0, 0.05) is 42.7 Å². The van der Waals surface area contributed by atoms with E-state index < -0.39 is 11.2 Å². The summed E-state index contributed by atoms with van der Waals surface area (Å²) in [5, 5.41) is 2.94. The van der Waals surface area contributed by atoms with Crippen LogP contribution >= 0.6 is 11.3 Å². The number of piperidine rings is 1. The van der Waals surface area contributed by atoms with Crippen LogP contribution in [0.1, 0.15) is 77.1 Å². The van der Waals surface area contributed by atoms with Gasteiger partial charge in [-0.15, -0.1) is 11.3 Å². The highest BCUT2D eigenvalue weighted by Crippen LogP contribution is 2.38. The van der Waals surface area contributed by atoms with Gasteiger partial charge in [0.2, 0.25) is 0 Å². The molecule has 0 bridgehead atoms. The van der Waals surface area contributed by atoms with Crippen molar-refractivity contribution >= 4 is 28.5 Å². The zero-order chi connectivity index (χ0) is 35.5. The second kappa shape index (κ2) is 15.0. The summed E-state index contributed by atoms with van der Waals surface area (Å²) in [4.78, 5) is 34.7. The highest BCUT2D eigenvalue weighted by molar-refractivity contribution is 7.14. The molecule has 0 unspecified atom stereocenters. The molecule has 5 rings (SSSR count). The molecule has 10 nitrogen and oxygen atoms in total. The van der Waals surface area contributed by atoms with Crippen LogP contribution < -0.4 is 14.4 Å². The topological polar surface area (TPSA) is 99.7 Å². The molecule has 1 fully saturated rings. The summed E-state index contributed by atoms with van der Waals surface area (Å²) in [5.74, 6) is 1.01. The molecule has 3 heterocycles. The summed E-state index contributed by atoms with van der Waals surface area (Å²) >= 11 is 1.58. The number of rotatable bonds is 9. The number of aromatic nitrogens is 1. The Labute approximate surface area is 294 Å². The molecular formula is C38H51N3O7S. The van der Waals surface area contributed by atoms with E-state index in [9.17, 15) is 9.59 Å². The van der Waals surface area contributed by atoms with Crippen molar-refractivity contribution in [2.24, 2.45) is 5.92 Å². The standard InChI is InChI=1S/C38H51N3O7S/c1-10-45-32-21-40(17-15-28(32)34(42)47-37(3,4)5)35-39-30(23-49-35)27-13-11-12-24(2)33(27)46-22-25-18-26-14-16-41(36(43)48-38(6,7)8)20-29(26)31(19-25)44-9/h11-13,18-19,23,28,32H,10,14-17,20-22H2,1-9H3/t28-,32+/m1/s1. The number of fused-ring (bicyclic) bond motifs is 1. The molecule has 0 saturated carbocycles. The van der Waals surface area contributed by atoms with Crippen LogP contribution in [-0.4, -0.2) is 72.6 Å². The number of hydrogen-bond donors (Lipinski definition) is 0. The molecule has 0 spiro atoms. The number of anilines is 1. The van der Waals surface area contributed by atoms with Crippen LogP contribution in [0, 0.1) is 12.8 Å². The maximum Gasteiger partial charge on any atom is 0.410 e. The molecule has 266 valence electrons. The first-order valence-electron chi connectivity index (χ1n) is 17.1. The summed E-state index contributed by atoms with van der Waals surface area (Å²) in [6.45, 7) is 18.4. The minimum atomic E-state index is -0.551. The Morgan fingerprint density at radius 1 is 1.04 bits per heavy atom. The Kier molecular flexibility index (Phi) is 11.1. The summed E-state index contributed by atoms with van der Waals surface area (Å²) in [6, 6.07) is 10.2. The average Bonchev–Trinajstić information content (AvgIpc) is 3.52. The molecule has 1 amide bonds. The van der Waals surface area contributed by atoms with Crippen molar-refractivity contribution < 1.29 is 33.3 Å². The molecule has 0 N–H and O–H groups in total. The third kappa shape index (κ3) is 9.05. The molecule has 2 atom stereocenters. The van der Waals surface area contributed by atoms with Crippen LogP contribution in [0.5, 0.6) is 11.5 Å². The molecule has 2 aliphatic heterocycles. The number of carbonyl (C=O) groups excluding carboxylic acids is 2. The lowest BCUT2D eigenvalue weighted by molar-refractivity contribution is -0.166. The third-order valence-electron chi connectivity index (χ3n) is 8.52. The Bertz CT molecular complexity index is 1620. The number of ether oxygens (including phenoxy) is 5. The Morgan fingerprint density at radius 3 is 2.49 bits per heavy atom. The predicted octanol–water partition coefficient (Wildman–Crippen LogP) is 7.57. The molecule has 0 aliphatic carbocycles. The van der Waals surface area contributed by atoms with E-state index in [1.54, 1.807) is 23.3 Å². The van der Waals surface area contributed by atoms with E-state index in [1.165, 1.54) is 0 Å². The minimum absolute atomic E-state index is 0.203. The van der Waals surface area contributed by atoms with Gasteiger partial charge in [0.05, 0.1) is 31.4 Å². The largest absolute Gasteiger partial charge is 0.496 e.